The topological polar surface area (TPSA) is 79.3 Å². The Morgan fingerprint density at radius 1 is 1.10 bits per heavy atom. The number of methoxy groups -OCH3 is 1. The molecule has 0 radical (unpaired) electrons. The molecule has 0 spiro atoms. The second-order valence-electron chi connectivity index (χ2n) is 4.69. The molecule has 0 unspecified atom stereocenters. The molecule has 6 heteroatoms. The maximum absolute atomic E-state index is 8.88. The van der Waals surface area contributed by atoms with E-state index in [4.69, 9.17) is 9.84 Å². The van der Waals surface area contributed by atoms with Gasteiger partial charge in [0, 0.05) is 38.8 Å². The minimum atomic E-state index is 0.165. The number of aromatic nitrogens is 2. The summed E-state index contributed by atoms with van der Waals surface area (Å²) >= 11 is 0. The number of hydrogen-bond acceptors (Lipinski definition) is 6. The van der Waals surface area contributed by atoms with Crippen molar-refractivity contribution in [2.75, 3.05) is 44.0 Å². The van der Waals surface area contributed by atoms with E-state index in [9.17, 15) is 0 Å². The number of para-hydroxylation sites is 1. The molecule has 3 N–H and O–H groups in total. The fraction of sp³-hybridized carbons (Fsp3) is 0.467. The largest absolute Gasteiger partial charge is 0.396 e. The molecule has 0 aliphatic carbocycles. The average molecular weight is 290 g/mol. The molecule has 0 saturated carbocycles. The quantitative estimate of drug-likeness (QED) is 0.612. The van der Waals surface area contributed by atoms with E-state index < -0.39 is 0 Å². The van der Waals surface area contributed by atoms with Gasteiger partial charge in [0.25, 0.3) is 0 Å². The molecule has 2 rings (SSSR count). The van der Waals surface area contributed by atoms with Gasteiger partial charge in [-0.3, -0.25) is 0 Å². The zero-order chi connectivity index (χ0) is 14.9. The van der Waals surface area contributed by atoms with Crippen molar-refractivity contribution >= 4 is 22.7 Å². The van der Waals surface area contributed by atoms with Crippen LogP contribution in [0.3, 0.4) is 0 Å². The molecule has 2 aromatic rings. The van der Waals surface area contributed by atoms with Crippen LogP contribution < -0.4 is 10.6 Å². The number of benzene rings is 1. The van der Waals surface area contributed by atoms with Crippen LogP contribution in [0.25, 0.3) is 10.9 Å². The van der Waals surface area contributed by atoms with Gasteiger partial charge in [-0.2, -0.15) is 4.98 Å². The molecule has 0 bridgehead atoms. The first-order valence-electron chi connectivity index (χ1n) is 7.19. The van der Waals surface area contributed by atoms with Gasteiger partial charge < -0.3 is 20.5 Å². The van der Waals surface area contributed by atoms with Gasteiger partial charge in [0.05, 0.1) is 5.52 Å². The van der Waals surface area contributed by atoms with E-state index in [1.165, 1.54) is 0 Å². The van der Waals surface area contributed by atoms with Crippen molar-refractivity contribution in [1.82, 2.24) is 9.97 Å². The molecule has 114 valence electrons. The lowest BCUT2D eigenvalue weighted by Gasteiger charge is -2.11. The lowest BCUT2D eigenvalue weighted by atomic mass is 10.2. The standard InChI is InChI=1S/C15H22N4O2/c1-21-11-5-9-17-15-18-13-7-3-2-6-12(13)14(19-15)16-8-4-10-20/h2-3,6-7,20H,4-5,8-11H2,1H3,(H2,16,17,18,19). The van der Waals surface area contributed by atoms with E-state index in [-0.39, 0.29) is 6.61 Å². The first-order chi connectivity index (χ1) is 10.3. The Bertz CT molecular complexity index is 562. The number of ether oxygens (including phenoxy) is 1. The molecule has 0 fully saturated rings. The van der Waals surface area contributed by atoms with E-state index in [0.29, 0.717) is 25.5 Å². The number of rotatable bonds is 9. The highest BCUT2D eigenvalue weighted by Gasteiger charge is 2.06. The third kappa shape index (κ3) is 4.54. The predicted octanol–water partition coefficient (Wildman–Crippen LogP) is 1.87. The molecule has 0 aliphatic heterocycles. The summed E-state index contributed by atoms with van der Waals surface area (Å²) in [6.07, 6.45) is 1.59. The summed E-state index contributed by atoms with van der Waals surface area (Å²) in [7, 11) is 1.69. The smallest absolute Gasteiger partial charge is 0.225 e. The van der Waals surface area contributed by atoms with Gasteiger partial charge in [-0.05, 0) is 25.0 Å². The Balaban J connectivity index is 2.14. The average Bonchev–Trinajstić information content (AvgIpc) is 2.52. The van der Waals surface area contributed by atoms with Gasteiger partial charge >= 0.3 is 0 Å². The fourth-order valence-electron chi connectivity index (χ4n) is 1.99. The first-order valence-corrected chi connectivity index (χ1v) is 7.19. The number of nitrogens with zero attached hydrogens (tertiary/aromatic N) is 2. The Hall–Kier alpha value is -1.92. The van der Waals surface area contributed by atoms with Gasteiger partial charge in [0.15, 0.2) is 0 Å². The van der Waals surface area contributed by atoms with Crippen molar-refractivity contribution in [3.63, 3.8) is 0 Å². The molecule has 0 amide bonds. The number of aliphatic hydroxyl groups is 1. The summed E-state index contributed by atoms with van der Waals surface area (Å²) in [6, 6.07) is 7.88. The van der Waals surface area contributed by atoms with Crippen LogP contribution in [0.1, 0.15) is 12.8 Å². The third-order valence-electron chi connectivity index (χ3n) is 3.04. The highest BCUT2D eigenvalue weighted by Crippen LogP contribution is 2.21. The molecule has 0 saturated heterocycles. The second-order valence-corrected chi connectivity index (χ2v) is 4.69. The normalized spacial score (nSPS) is 10.8. The molecule has 0 aliphatic rings. The molecule has 1 heterocycles. The maximum Gasteiger partial charge on any atom is 0.225 e. The highest BCUT2D eigenvalue weighted by atomic mass is 16.5. The van der Waals surface area contributed by atoms with Gasteiger partial charge in [-0.1, -0.05) is 12.1 Å². The van der Waals surface area contributed by atoms with Crippen molar-refractivity contribution < 1.29 is 9.84 Å². The van der Waals surface area contributed by atoms with Crippen LogP contribution in [0.5, 0.6) is 0 Å². The number of aliphatic hydroxyl groups excluding tert-OH is 1. The van der Waals surface area contributed by atoms with Crippen LogP contribution in [0.2, 0.25) is 0 Å². The molecule has 1 aromatic heterocycles. The molecule has 6 nitrogen and oxygen atoms in total. The minimum absolute atomic E-state index is 0.165. The van der Waals surface area contributed by atoms with Gasteiger partial charge in [0.2, 0.25) is 5.95 Å². The van der Waals surface area contributed by atoms with E-state index in [1.807, 2.05) is 24.3 Å². The highest BCUT2D eigenvalue weighted by molar-refractivity contribution is 5.89. The molecule has 0 atom stereocenters. The molecule has 1 aromatic carbocycles. The molecular weight excluding hydrogens is 268 g/mol. The number of fused-ring (bicyclic) bond motifs is 1. The lowest BCUT2D eigenvalue weighted by Crippen LogP contribution is -2.11. The SMILES string of the molecule is COCCCNc1nc(NCCCO)c2ccccc2n1. The molecular formula is C15H22N4O2. The van der Waals surface area contributed by atoms with Crippen molar-refractivity contribution in [2.24, 2.45) is 0 Å². The third-order valence-corrected chi connectivity index (χ3v) is 3.04. The van der Waals surface area contributed by atoms with Crippen molar-refractivity contribution in [3.8, 4) is 0 Å². The minimum Gasteiger partial charge on any atom is -0.396 e. The zero-order valence-electron chi connectivity index (χ0n) is 12.3. The van der Waals surface area contributed by atoms with Crippen LogP contribution >= 0.6 is 0 Å². The maximum atomic E-state index is 8.88. The number of hydrogen-bond donors (Lipinski definition) is 3. The van der Waals surface area contributed by atoms with Crippen molar-refractivity contribution in [3.05, 3.63) is 24.3 Å². The van der Waals surface area contributed by atoms with Crippen molar-refractivity contribution in [2.45, 2.75) is 12.8 Å². The summed E-state index contributed by atoms with van der Waals surface area (Å²) in [5, 5.41) is 16.3. The van der Waals surface area contributed by atoms with E-state index in [2.05, 4.69) is 20.6 Å². The van der Waals surface area contributed by atoms with Crippen LogP contribution in [0.15, 0.2) is 24.3 Å². The lowest BCUT2D eigenvalue weighted by molar-refractivity contribution is 0.197. The second kappa shape index (κ2) is 8.39. The first kappa shape index (κ1) is 15.5. The van der Waals surface area contributed by atoms with Crippen molar-refractivity contribution in [1.29, 1.82) is 0 Å². The Morgan fingerprint density at radius 2 is 1.90 bits per heavy atom. The van der Waals surface area contributed by atoms with Crippen LogP contribution in [0.4, 0.5) is 11.8 Å². The zero-order valence-corrected chi connectivity index (χ0v) is 12.3. The Kier molecular flexibility index (Phi) is 6.18. The Labute approximate surface area is 124 Å². The van der Waals surface area contributed by atoms with Crippen LogP contribution in [-0.2, 0) is 4.74 Å². The summed E-state index contributed by atoms with van der Waals surface area (Å²) < 4.78 is 5.02. The van der Waals surface area contributed by atoms with E-state index in [0.717, 1.165) is 29.7 Å². The Morgan fingerprint density at radius 3 is 2.71 bits per heavy atom. The summed E-state index contributed by atoms with van der Waals surface area (Å²) in [5.41, 5.74) is 0.897. The van der Waals surface area contributed by atoms with Gasteiger partial charge in [0.1, 0.15) is 5.82 Å². The van der Waals surface area contributed by atoms with E-state index in [1.54, 1.807) is 7.11 Å². The summed E-state index contributed by atoms with van der Waals surface area (Å²) in [4.78, 5) is 9.02. The predicted molar refractivity (Wildman–Crippen MR) is 84.7 cm³/mol. The van der Waals surface area contributed by atoms with Crippen LogP contribution in [0, 0.1) is 0 Å². The number of nitrogens with one attached hydrogen (secondary N) is 2. The van der Waals surface area contributed by atoms with E-state index >= 15 is 0 Å². The monoisotopic (exact) mass is 290 g/mol. The van der Waals surface area contributed by atoms with Crippen LogP contribution in [-0.4, -0.2) is 48.5 Å². The summed E-state index contributed by atoms with van der Waals surface area (Å²) in [6.45, 7) is 2.32. The molecule has 21 heavy (non-hydrogen) atoms. The summed E-state index contributed by atoms with van der Waals surface area (Å²) in [5.74, 6) is 1.40. The van der Waals surface area contributed by atoms with Gasteiger partial charge in [-0.15, -0.1) is 0 Å². The number of anilines is 2. The van der Waals surface area contributed by atoms with Gasteiger partial charge in [-0.25, -0.2) is 4.98 Å². The fourth-order valence-corrected chi connectivity index (χ4v) is 1.99.